The van der Waals surface area contributed by atoms with Crippen LogP contribution in [0.4, 0.5) is 5.69 Å². The first kappa shape index (κ1) is 7.51. The second-order valence-corrected chi connectivity index (χ2v) is 4.48. The SMILES string of the molecule is Brc1ccc2c(c1)C1(C=CC1)C=N2. The molecule has 1 aliphatic carbocycles. The highest BCUT2D eigenvalue weighted by Crippen LogP contribution is 2.45. The van der Waals surface area contributed by atoms with Gasteiger partial charge in [0.15, 0.2) is 0 Å². The van der Waals surface area contributed by atoms with Gasteiger partial charge in [-0.15, -0.1) is 0 Å². The minimum absolute atomic E-state index is 0.138. The average Bonchev–Trinajstić information content (AvgIpc) is 2.41. The Kier molecular flexibility index (Phi) is 1.34. The molecule has 13 heavy (non-hydrogen) atoms. The highest BCUT2D eigenvalue weighted by molar-refractivity contribution is 9.10. The van der Waals surface area contributed by atoms with Gasteiger partial charge in [-0.25, -0.2) is 0 Å². The maximum absolute atomic E-state index is 4.42. The molecular weight excluding hydrogens is 226 g/mol. The molecule has 0 saturated carbocycles. The number of hydrogen-bond acceptors (Lipinski definition) is 1. The Labute approximate surface area is 85.3 Å². The first-order valence-electron chi connectivity index (χ1n) is 4.33. The number of aliphatic imine (C=N–C) groups is 1. The van der Waals surface area contributed by atoms with Crippen LogP contribution in [0.25, 0.3) is 0 Å². The molecule has 0 bridgehead atoms. The van der Waals surface area contributed by atoms with Gasteiger partial charge in [0.25, 0.3) is 0 Å². The number of nitrogens with zero attached hydrogens (tertiary/aromatic N) is 1. The molecule has 2 heteroatoms. The maximum Gasteiger partial charge on any atom is 0.0671 e. The molecule has 3 rings (SSSR count). The van der Waals surface area contributed by atoms with E-state index in [2.05, 4.69) is 51.4 Å². The maximum atomic E-state index is 4.42. The van der Waals surface area contributed by atoms with E-state index >= 15 is 0 Å². The van der Waals surface area contributed by atoms with E-state index in [0.29, 0.717) is 0 Å². The summed E-state index contributed by atoms with van der Waals surface area (Å²) in [6, 6.07) is 6.28. The monoisotopic (exact) mass is 233 g/mol. The van der Waals surface area contributed by atoms with E-state index in [0.717, 1.165) is 16.6 Å². The number of benzene rings is 1. The summed E-state index contributed by atoms with van der Waals surface area (Å²) in [6.45, 7) is 0. The molecular formula is C11H8BrN. The summed E-state index contributed by atoms with van der Waals surface area (Å²) in [5.74, 6) is 0. The minimum atomic E-state index is 0.138. The Morgan fingerprint density at radius 3 is 2.92 bits per heavy atom. The molecule has 0 amide bonds. The van der Waals surface area contributed by atoms with Gasteiger partial charge in [-0.05, 0) is 30.2 Å². The van der Waals surface area contributed by atoms with E-state index in [9.17, 15) is 0 Å². The zero-order chi connectivity index (χ0) is 8.89. The van der Waals surface area contributed by atoms with Gasteiger partial charge in [0.2, 0.25) is 0 Å². The zero-order valence-corrected chi connectivity index (χ0v) is 8.58. The third-order valence-corrected chi connectivity index (χ3v) is 3.26. The summed E-state index contributed by atoms with van der Waals surface area (Å²) in [7, 11) is 0. The van der Waals surface area contributed by atoms with Crippen LogP contribution in [0.2, 0.25) is 0 Å². The van der Waals surface area contributed by atoms with Gasteiger partial charge in [-0.1, -0.05) is 28.1 Å². The number of halogens is 1. The topological polar surface area (TPSA) is 12.4 Å². The lowest BCUT2D eigenvalue weighted by atomic mass is 9.73. The second-order valence-electron chi connectivity index (χ2n) is 3.57. The predicted molar refractivity (Wildman–Crippen MR) is 57.7 cm³/mol. The molecule has 1 atom stereocenters. The van der Waals surface area contributed by atoms with Crippen LogP contribution in [0.5, 0.6) is 0 Å². The molecule has 1 aromatic rings. The normalized spacial score (nSPS) is 27.8. The van der Waals surface area contributed by atoms with Crippen molar-refractivity contribution in [2.45, 2.75) is 11.8 Å². The molecule has 1 aromatic carbocycles. The highest BCUT2D eigenvalue weighted by atomic mass is 79.9. The molecule has 2 aliphatic rings. The summed E-state index contributed by atoms with van der Waals surface area (Å²) in [4.78, 5) is 4.42. The van der Waals surface area contributed by atoms with Crippen molar-refractivity contribution in [3.05, 3.63) is 40.4 Å². The molecule has 0 N–H and O–H groups in total. The van der Waals surface area contributed by atoms with Gasteiger partial charge in [-0.2, -0.15) is 0 Å². The fourth-order valence-electron chi connectivity index (χ4n) is 1.92. The molecule has 1 unspecified atom stereocenters. The standard InChI is InChI=1S/C11H8BrN/c12-8-2-3-10-9(6-8)11(7-13-10)4-1-5-11/h1-4,6-7H,5H2. The third-order valence-electron chi connectivity index (χ3n) is 2.76. The van der Waals surface area contributed by atoms with Crippen LogP contribution in [-0.4, -0.2) is 6.21 Å². The first-order valence-corrected chi connectivity index (χ1v) is 5.12. The Morgan fingerprint density at radius 1 is 1.38 bits per heavy atom. The summed E-state index contributed by atoms with van der Waals surface area (Å²) < 4.78 is 1.14. The van der Waals surface area contributed by atoms with Gasteiger partial charge in [0.1, 0.15) is 0 Å². The van der Waals surface area contributed by atoms with Crippen molar-refractivity contribution in [2.24, 2.45) is 4.99 Å². The van der Waals surface area contributed by atoms with E-state index in [1.165, 1.54) is 5.56 Å². The molecule has 1 nitrogen and oxygen atoms in total. The van der Waals surface area contributed by atoms with Crippen molar-refractivity contribution in [2.75, 3.05) is 0 Å². The largest absolute Gasteiger partial charge is 0.260 e. The van der Waals surface area contributed by atoms with Crippen molar-refractivity contribution >= 4 is 27.8 Å². The highest BCUT2D eigenvalue weighted by Gasteiger charge is 2.37. The lowest BCUT2D eigenvalue weighted by Gasteiger charge is -2.29. The minimum Gasteiger partial charge on any atom is -0.260 e. The molecule has 0 aromatic heterocycles. The lowest BCUT2D eigenvalue weighted by molar-refractivity contribution is 0.695. The molecule has 64 valence electrons. The third kappa shape index (κ3) is 0.894. The van der Waals surface area contributed by atoms with Gasteiger partial charge < -0.3 is 0 Å². The van der Waals surface area contributed by atoms with Gasteiger partial charge >= 0.3 is 0 Å². The molecule has 1 spiro atoms. The fraction of sp³-hybridized carbons (Fsp3) is 0.182. The van der Waals surface area contributed by atoms with E-state index < -0.39 is 0 Å². The van der Waals surface area contributed by atoms with Crippen molar-refractivity contribution in [1.29, 1.82) is 0 Å². The number of allylic oxidation sites excluding steroid dienone is 2. The van der Waals surface area contributed by atoms with Gasteiger partial charge in [0.05, 0.1) is 11.1 Å². The van der Waals surface area contributed by atoms with Crippen molar-refractivity contribution < 1.29 is 0 Å². The average molecular weight is 234 g/mol. The van der Waals surface area contributed by atoms with E-state index in [4.69, 9.17) is 0 Å². The molecule has 1 aliphatic heterocycles. The Balaban J connectivity index is 2.24. The smallest absolute Gasteiger partial charge is 0.0671 e. The summed E-state index contributed by atoms with van der Waals surface area (Å²) >= 11 is 3.49. The van der Waals surface area contributed by atoms with Crippen LogP contribution in [0.1, 0.15) is 12.0 Å². The van der Waals surface area contributed by atoms with Crippen LogP contribution in [0, 0.1) is 0 Å². The van der Waals surface area contributed by atoms with E-state index in [-0.39, 0.29) is 5.41 Å². The fourth-order valence-corrected chi connectivity index (χ4v) is 2.28. The quantitative estimate of drug-likeness (QED) is 0.610. The van der Waals surface area contributed by atoms with E-state index in [1.807, 2.05) is 6.07 Å². The number of fused-ring (bicyclic) bond motifs is 2. The van der Waals surface area contributed by atoms with Crippen molar-refractivity contribution in [1.82, 2.24) is 0 Å². The number of rotatable bonds is 0. The van der Waals surface area contributed by atoms with Crippen LogP contribution >= 0.6 is 15.9 Å². The lowest BCUT2D eigenvalue weighted by Crippen LogP contribution is -2.27. The Bertz CT molecular complexity index is 434. The van der Waals surface area contributed by atoms with Crippen LogP contribution in [0.3, 0.4) is 0 Å². The van der Waals surface area contributed by atoms with Crippen molar-refractivity contribution in [3.63, 3.8) is 0 Å². The summed E-state index contributed by atoms with van der Waals surface area (Å²) in [5.41, 5.74) is 2.59. The summed E-state index contributed by atoms with van der Waals surface area (Å²) in [6.07, 6.45) is 7.58. The zero-order valence-electron chi connectivity index (χ0n) is 7.00. The predicted octanol–water partition coefficient (Wildman–Crippen LogP) is 3.36. The second kappa shape index (κ2) is 2.32. The van der Waals surface area contributed by atoms with Crippen LogP contribution in [-0.2, 0) is 5.41 Å². The van der Waals surface area contributed by atoms with Gasteiger partial charge in [-0.3, -0.25) is 4.99 Å². The Hall–Kier alpha value is -0.890. The molecule has 0 fully saturated rings. The van der Waals surface area contributed by atoms with Crippen molar-refractivity contribution in [3.8, 4) is 0 Å². The number of hydrogen-bond donors (Lipinski definition) is 0. The van der Waals surface area contributed by atoms with Crippen LogP contribution < -0.4 is 0 Å². The van der Waals surface area contributed by atoms with Gasteiger partial charge in [0, 0.05) is 10.7 Å². The van der Waals surface area contributed by atoms with Crippen LogP contribution in [0.15, 0.2) is 39.8 Å². The molecule has 1 heterocycles. The summed E-state index contributed by atoms with van der Waals surface area (Å²) in [5, 5.41) is 0. The molecule has 0 saturated heterocycles. The first-order chi connectivity index (χ1) is 6.30. The Morgan fingerprint density at radius 2 is 2.23 bits per heavy atom. The van der Waals surface area contributed by atoms with E-state index in [1.54, 1.807) is 0 Å². The molecule has 0 radical (unpaired) electrons.